The fraction of sp³-hybridized carbons (Fsp3) is 0.462. The van der Waals surface area contributed by atoms with Crippen molar-refractivity contribution in [2.75, 3.05) is 17.2 Å². The molecule has 0 aromatic heterocycles. The van der Waals surface area contributed by atoms with Gasteiger partial charge in [-0.05, 0) is 37.3 Å². The largest absolute Gasteiger partial charge is 0.398 e. The Bertz CT molecular complexity index is 438. The number of nitrogens with two attached hydrogens (primary N) is 1. The zero-order chi connectivity index (χ0) is 11.1. The molecule has 3 heteroatoms. The van der Waals surface area contributed by atoms with E-state index in [0.717, 1.165) is 29.9 Å². The standard InChI is InChI=1S/C13H16N2O/c14-11-2-1-3-12-10(11)6-7-15(12)13(16)8-9-4-5-9/h1-3,9H,4-8,14H2. The third kappa shape index (κ3) is 1.56. The van der Waals surface area contributed by atoms with E-state index < -0.39 is 0 Å². The minimum atomic E-state index is 0.270. The van der Waals surface area contributed by atoms with Crippen LogP contribution < -0.4 is 10.6 Å². The zero-order valence-corrected chi connectivity index (χ0v) is 9.28. The van der Waals surface area contributed by atoms with Gasteiger partial charge in [0.2, 0.25) is 5.91 Å². The Hall–Kier alpha value is -1.51. The van der Waals surface area contributed by atoms with E-state index in [4.69, 9.17) is 5.73 Å². The minimum absolute atomic E-state index is 0.270. The molecular formula is C13H16N2O. The number of benzene rings is 1. The van der Waals surface area contributed by atoms with E-state index in [0.29, 0.717) is 12.3 Å². The molecule has 0 bridgehead atoms. The van der Waals surface area contributed by atoms with E-state index in [-0.39, 0.29) is 5.91 Å². The molecule has 2 N–H and O–H groups in total. The van der Waals surface area contributed by atoms with Crippen molar-refractivity contribution in [3.05, 3.63) is 23.8 Å². The molecule has 3 rings (SSSR count). The smallest absolute Gasteiger partial charge is 0.227 e. The molecule has 1 aliphatic heterocycles. The molecule has 1 amide bonds. The second-order valence-electron chi connectivity index (χ2n) is 4.79. The molecule has 0 saturated heterocycles. The summed E-state index contributed by atoms with van der Waals surface area (Å²) < 4.78 is 0. The second-order valence-corrected chi connectivity index (χ2v) is 4.79. The first-order valence-electron chi connectivity index (χ1n) is 5.93. The number of hydrogen-bond acceptors (Lipinski definition) is 2. The summed E-state index contributed by atoms with van der Waals surface area (Å²) in [6, 6.07) is 5.84. The molecule has 84 valence electrons. The van der Waals surface area contributed by atoms with Gasteiger partial charge in [0.25, 0.3) is 0 Å². The van der Waals surface area contributed by atoms with Crippen LogP contribution >= 0.6 is 0 Å². The summed E-state index contributed by atoms with van der Waals surface area (Å²) in [7, 11) is 0. The van der Waals surface area contributed by atoms with Crippen LogP contribution in [0.1, 0.15) is 24.8 Å². The number of carbonyl (C=O) groups excluding carboxylic acids is 1. The Labute approximate surface area is 95.2 Å². The lowest BCUT2D eigenvalue weighted by Gasteiger charge is -2.17. The number of nitrogens with zero attached hydrogens (tertiary/aromatic N) is 1. The molecule has 1 fully saturated rings. The van der Waals surface area contributed by atoms with Gasteiger partial charge in [-0.25, -0.2) is 0 Å². The van der Waals surface area contributed by atoms with Gasteiger partial charge in [-0.15, -0.1) is 0 Å². The molecule has 16 heavy (non-hydrogen) atoms. The van der Waals surface area contributed by atoms with Crippen molar-refractivity contribution < 1.29 is 4.79 Å². The van der Waals surface area contributed by atoms with Crippen molar-refractivity contribution in [3.8, 4) is 0 Å². The highest BCUT2D eigenvalue weighted by atomic mass is 16.2. The lowest BCUT2D eigenvalue weighted by Crippen LogP contribution is -2.28. The summed E-state index contributed by atoms with van der Waals surface area (Å²) in [6.07, 6.45) is 4.07. The molecule has 1 aromatic carbocycles. The van der Waals surface area contributed by atoms with Crippen LogP contribution in [0.15, 0.2) is 18.2 Å². The average Bonchev–Trinajstić information content (AvgIpc) is 2.96. The summed E-state index contributed by atoms with van der Waals surface area (Å²) in [5.41, 5.74) is 8.91. The van der Waals surface area contributed by atoms with Crippen LogP contribution in [-0.4, -0.2) is 12.5 Å². The lowest BCUT2D eigenvalue weighted by molar-refractivity contribution is -0.118. The minimum Gasteiger partial charge on any atom is -0.398 e. The van der Waals surface area contributed by atoms with Crippen LogP contribution in [0.4, 0.5) is 11.4 Å². The van der Waals surface area contributed by atoms with Crippen LogP contribution in [-0.2, 0) is 11.2 Å². The van der Waals surface area contributed by atoms with Gasteiger partial charge in [0.1, 0.15) is 0 Å². The van der Waals surface area contributed by atoms with Crippen LogP contribution in [0.25, 0.3) is 0 Å². The molecule has 0 radical (unpaired) electrons. The molecule has 0 atom stereocenters. The van der Waals surface area contributed by atoms with Crippen molar-refractivity contribution in [2.24, 2.45) is 5.92 Å². The summed E-state index contributed by atoms with van der Waals surface area (Å²) in [4.78, 5) is 14.0. The van der Waals surface area contributed by atoms with Gasteiger partial charge in [-0.3, -0.25) is 4.79 Å². The van der Waals surface area contributed by atoms with Crippen molar-refractivity contribution in [3.63, 3.8) is 0 Å². The molecule has 2 aliphatic rings. The molecule has 1 saturated carbocycles. The van der Waals surface area contributed by atoms with Gasteiger partial charge < -0.3 is 10.6 Å². The van der Waals surface area contributed by atoms with Crippen LogP contribution in [0, 0.1) is 5.92 Å². The van der Waals surface area contributed by atoms with Crippen LogP contribution in [0.5, 0.6) is 0 Å². The zero-order valence-electron chi connectivity index (χ0n) is 9.28. The highest BCUT2D eigenvalue weighted by molar-refractivity contribution is 5.96. The Kier molecular flexibility index (Phi) is 2.13. The Morgan fingerprint density at radius 2 is 2.25 bits per heavy atom. The highest BCUT2D eigenvalue weighted by Gasteiger charge is 2.30. The van der Waals surface area contributed by atoms with Crippen molar-refractivity contribution in [1.29, 1.82) is 0 Å². The van der Waals surface area contributed by atoms with E-state index in [1.807, 2.05) is 23.1 Å². The lowest BCUT2D eigenvalue weighted by atomic mass is 10.1. The fourth-order valence-corrected chi connectivity index (χ4v) is 2.40. The monoisotopic (exact) mass is 216 g/mol. The maximum absolute atomic E-state index is 12.1. The first-order valence-corrected chi connectivity index (χ1v) is 5.93. The molecule has 1 heterocycles. The quantitative estimate of drug-likeness (QED) is 0.768. The van der Waals surface area contributed by atoms with E-state index in [1.54, 1.807) is 0 Å². The average molecular weight is 216 g/mol. The second kappa shape index (κ2) is 3.51. The van der Waals surface area contributed by atoms with Crippen molar-refractivity contribution in [1.82, 2.24) is 0 Å². The Morgan fingerprint density at radius 3 is 3.00 bits per heavy atom. The summed E-state index contributed by atoms with van der Waals surface area (Å²) in [5.74, 6) is 0.921. The molecular weight excluding hydrogens is 200 g/mol. The number of fused-ring (bicyclic) bond motifs is 1. The number of amides is 1. The number of rotatable bonds is 2. The normalized spacial score (nSPS) is 18.6. The maximum Gasteiger partial charge on any atom is 0.227 e. The maximum atomic E-state index is 12.1. The SMILES string of the molecule is Nc1cccc2c1CCN2C(=O)CC1CC1. The van der Waals surface area contributed by atoms with Gasteiger partial charge in [-0.2, -0.15) is 0 Å². The number of nitrogen functional groups attached to an aromatic ring is 1. The molecule has 3 nitrogen and oxygen atoms in total. The number of carbonyl (C=O) groups is 1. The first kappa shape index (κ1) is 9.70. The molecule has 0 spiro atoms. The predicted octanol–water partition coefficient (Wildman–Crippen LogP) is 1.96. The van der Waals surface area contributed by atoms with Crippen molar-refractivity contribution >= 4 is 17.3 Å². The topological polar surface area (TPSA) is 46.3 Å². The Morgan fingerprint density at radius 1 is 1.44 bits per heavy atom. The van der Waals surface area contributed by atoms with Gasteiger partial charge >= 0.3 is 0 Å². The van der Waals surface area contributed by atoms with E-state index in [9.17, 15) is 4.79 Å². The molecule has 1 aliphatic carbocycles. The van der Waals surface area contributed by atoms with Gasteiger partial charge in [0.05, 0.1) is 0 Å². The highest BCUT2D eigenvalue weighted by Crippen LogP contribution is 2.36. The Balaban J connectivity index is 1.84. The van der Waals surface area contributed by atoms with Gasteiger partial charge in [-0.1, -0.05) is 6.07 Å². The fourth-order valence-electron chi connectivity index (χ4n) is 2.40. The summed E-state index contributed by atoms with van der Waals surface area (Å²) in [5, 5.41) is 0. The summed E-state index contributed by atoms with van der Waals surface area (Å²) >= 11 is 0. The predicted molar refractivity (Wildman–Crippen MR) is 64.3 cm³/mol. The van der Waals surface area contributed by atoms with E-state index in [2.05, 4.69) is 0 Å². The van der Waals surface area contributed by atoms with Crippen LogP contribution in [0.3, 0.4) is 0 Å². The van der Waals surface area contributed by atoms with Crippen LogP contribution in [0.2, 0.25) is 0 Å². The van der Waals surface area contributed by atoms with E-state index in [1.165, 1.54) is 12.8 Å². The van der Waals surface area contributed by atoms with E-state index >= 15 is 0 Å². The third-order valence-electron chi connectivity index (χ3n) is 3.53. The molecule has 1 aromatic rings. The summed E-state index contributed by atoms with van der Waals surface area (Å²) in [6.45, 7) is 0.801. The first-order chi connectivity index (χ1) is 7.75. The van der Waals surface area contributed by atoms with Gasteiger partial charge in [0, 0.05) is 29.9 Å². The van der Waals surface area contributed by atoms with Crippen molar-refractivity contribution in [2.45, 2.75) is 25.7 Å². The number of anilines is 2. The number of hydrogen-bond donors (Lipinski definition) is 1. The molecule has 0 unspecified atom stereocenters. The third-order valence-corrected chi connectivity index (χ3v) is 3.53. The van der Waals surface area contributed by atoms with Gasteiger partial charge in [0.15, 0.2) is 0 Å².